The number of hydrogen-bond donors (Lipinski definition) is 2. The van der Waals surface area contributed by atoms with Gasteiger partial charge in [0.15, 0.2) is 0 Å². The monoisotopic (exact) mass is 413 g/mol. The molecule has 0 aliphatic heterocycles. The Morgan fingerprint density at radius 2 is 1.64 bits per heavy atom. The minimum Gasteiger partial charge on any atom is -0.322 e. The quantitative estimate of drug-likeness (QED) is 0.605. The zero-order valence-electron chi connectivity index (χ0n) is 15.1. The number of carbonyl (C=O) groups excluding carboxylic acids is 1. The summed E-state index contributed by atoms with van der Waals surface area (Å²) in [6.45, 7) is 1.57. The number of benzene rings is 2. The Balaban J connectivity index is 1.73. The van der Waals surface area contributed by atoms with Crippen molar-refractivity contribution in [1.29, 1.82) is 0 Å². The maximum atomic E-state index is 12.7. The first kappa shape index (κ1) is 19.9. The Morgan fingerprint density at radius 1 is 0.964 bits per heavy atom. The minimum absolute atomic E-state index is 0.00560. The molecule has 0 bridgehead atoms. The van der Waals surface area contributed by atoms with Gasteiger partial charge in [-0.25, -0.2) is 13.4 Å². The maximum Gasteiger partial charge on any atom is 0.258 e. The van der Waals surface area contributed by atoms with Gasteiger partial charge in [-0.05, 0) is 55.5 Å². The topological polar surface area (TPSA) is 88.2 Å². The number of anilines is 2. The van der Waals surface area contributed by atoms with Crippen molar-refractivity contribution in [2.24, 2.45) is 0 Å². The first-order valence-electron chi connectivity index (χ1n) is 8.56. The van der Waals surface area contributed by atoms with Crippen LogP contribution in [0.3, 0.4) is 0 Å². The highest BCUT2D eigenvalue weighted by molar-refractivity contribution is 7.99. The summed E-state index contributed by atoms with van der Waals surface area (Å²) in [4.78, 5) is 18.0. The number of hydrogen-bond acceptors (Lipinski definition) is 5. The van der Waals surface area contributed by atoms with E-state index in [2.05, 4.69) is 15.0 Å². The van der Waals surface area contributed by atoms with E-state index in [1.807, 2.05) is 30.3 Å². The van der Waals surface area contributed by atoms with E-state index in [4.69, 9.17) is 0 Å². The summed E-state index contributed by atoms with van der Waals surface area (Å²) in [7, 11) is -3.34. The van der Waals surface area contributed by atoms with Gasteiger partial charge in [0, 0.05) is 22.5 Å². The summed E-state index contributed by atoms with van der Waals surface area (Å²) in [5.74, 6) is -0.289. The normalized spacial score (nSPS) is 11.0. The van der Waals surface area contributed by atoms with E-state index < -0.39 is 10.0 Å². The van der Waals surface area contributed by atoms with Crippen LogP contribution in [-0.2, 0) is 10.0 Å². The molecular formula is C20H19N3O3S2. The zero-order valence-corrected chi connectivity index (χ0v) is 16.8. The van der Waals surface area contributed by atoms with E-state index in [0.717, 1.165) is 4.90 Å². The molecule has 3 rings (SSSR count). The minimum atomic E-state index is -3.34. The summed E-state index contributed by atoms with van der Waals surface area (Å²) in [6.07, 6.45) is 1.65. The lowest BCUT2D eigenvalue weighted by Gasteiger charge is -2.10. The second-order valence-corrected chi connectivity index (χ2v) is 8.88. The Morgan fingerprint density at radius 3 is 2.32 bits per heavy atom. The highest BCUT2D eigenvalue weighted by Gasteiger charge is 2.14. The Hall–Kier alpha value is -2.84. The Labute approximate surface area is 168 Å². The number of sulfonamides is 1. The third-order valence-electron chi connectivity index (χ3n) is 3.77. The summed E-state index contributed by atoms with van der Waals surface area (Å²) < 4.78 is 25.7. The lowest BCUT2D eigenvalue weighted by Crippen LogP contribution is -2.15. The van der Waals surface area contributed by atoms with Crippen LogP contribution in [0.4, 0.5) is 11.4 Å². The lowest BCUT2D eigenvalue weighted by atomic mass is 10.2. The smallest absolute Gasteiger partial charge is 0.258 e. The predicted molar refractivity (Wildman–Crippen MR) is 112 cm³/mol. The van der Waals surface area contributed by atoms with Gasteiger partial charge in [-0.2, -0.15) is 0 Å². The summed E-state index contributed by atoms with van der Waals surface area (Å²) >= 11 is 1.42. The van der Waals surface area contributed by atoms with E-state index in [1.165, 1.54) is 11.8 Å². The van der Waals surface area contributed by atoms with Crippen LogP contribution < -0.4 is 10.0 Å². The number of rotatable bonds is 7. The zero-order chi connectivity index (χ0) is 20.0. The average molecular weight is 414 g/mol. The molecule has 0 atom stereocenters. The third kappa shape index (κ3) is 5.34. The molecule has 0 fully saturated rings. The third-order valence-corrected chi connectivity index (χ3v) is 6.10. The molecule has 144 valence electrons. The van der Waals surface area contributed by atoms with E-state index in [1.54, 1.807) is 49.5 Å². The van der Waals surface area contributed by atoms with Crippen molar-refractivity contribution in [1.82, 2.24) is 4.98 Å². The van der Waals surface area contributed by atoms with Crippen molar-refractivity contribution in [2.45, 2.75) is 16.8 Å². The van der Waals surface area contributed by atoms with Crippen LogP contribution in [0.2, 0.25) is 0 Å². The molecule has 3 aromatic rings. The molecule has 0 aliphatic rings. The summed E-state index contributed by atoms with van der Waals surface area (Å²) in [6, 6.07) is 19.6. The van der Waals surface area contributed by atoms with E-state index in [9.17, 15) is 13.2 Å². The molecule has 0 saturated heterocycles. The van der Waals surface area contributed by atoms with Crippen molar-refractivity contribution in [3.05, 3.63) is 78.5 Å². The molecule has 0 radical (unpaired) electrons. The standard InChI is InChI=1S/C20H19N3O3S2/c1-2-28(25,26)23-16-12-10-15(11-13-16)22-19(24)18-9-6-14-21-20(18)27-17-7-4-3-5-8-17/h3-14,23H,2H2,1H3,(H,22,24). The summed E-state index contributed by atoms with van der Waals surface area (Å²) in [5, 5.41) is 3.43. The molecule has 6 nitrogen and oxygen atoms in total. The highest BCUT2D eigenvalue weighted by Crippen LogP contribution is 2.28. The predicted octanol–water partition coefficient (Wildman–Crippen LogP) is 4.25. The van der Waals surface area contributed by atoms with Gasteiger partial charge >= 0.3 is 0 Å². The average Bonchev–Trinajstić information content (AvgIpc) is 2.70. The van der Waals surface area contributed by atoms with Gasteiger partial charge in [0.2, 0.25) is 10.0 Å². The number of aromatic nitrogens is 1. The van der Waals surface area contributed by atoms with E-state index in [0.29, 0.717) is 22.0 Å². The molecule has 2 N–H and O–H groups in total. The van der Waals surface area contributed by atoms with Gasteiger partial charge in [0.25, 0.3) is 5.91 Å². The first-order chi connectivity index (χ1) is 13.5. The van der Waals surface area contributed by atoms with Crippen molar-refractivity contribution in [3.8, 4) is 0 Å². The van der Waals surface area contributed by atoms with Gasteiger partial charge in [-0.15, -0.1) is 0 Å². The van der Waals surface area contributed by atoms with Gasteiger partial charge < -0.3 is 5.32 Å². The second-order valence-electron chi connectivity index (χ2n) is 5.81. The van der Waals surface area contributed by atoms with Crippen LogP contribution in [0.1, 0.15) is 17.3 Å². The SMILES string of the molecule is CCS(=O)(=O)Nc1ccc(NC(=O)c2cccnc2Sc2ccccc2)cc1. The second kappa shape index (κ2) is 8.90. The van der Waals surface area contributed by atoms with Crippen molar-refractivity contribution < 1.29 is 13.2 Å². The summed E-state index contributed by atoms with van der Waals surface area (Å²) in [5.41, 5.74) is 1.47. The van der Waals surface area contributed by atoms with Crippen LogP contribution in [0.15, 0.2) is 82.8 Å². The maximum absolute atomic E-state index is 12.7. The number of nitrogens with zero attached hydrogens (tertiary/aromatic N) is 1. The van der Waals surface area contributed by atoms with Crippen molar-refractivity contribution in [2.75, 3.05) is 15.8 Å². The molecule has 2 aromatic carbocycles. The number of carbonyl (C=O) groups is 1. The molecule has 1 amide bonds. The lowest BCUT2D eigenvalue weighted by molar-refractivity contribution is 0.102. The molecule has 1 aromatic heterocycles. The van der Waals surface area contributed by atoms with Crippen molar-refractivity contribution in [3.63, 3.8) is 0 Å². The van der Waals surface area contributed by atoms with Crippen LogP contribution in [-0.4, -0.2) is 25.1 Å². The largest absolute Gasteiger partial charge is 0.322 e. The number of amides is 1. The fraction of sp³-hybridized carbons (Fsp3) is 0.100. The van der Waals surface area contributed by atoms with Crippen LogP contribution in [0.25, 0.3) is 0 Å². The first-order valence-corrected chi connectivity index (χ1v) is 11.0. The van der Waals surface area contributed by atoms with Gasteiger partial charge in [0.05, 0.1) is 11.3 Å². The van der Waals surface area contributed by atoms with Crippen LogP contribution >= 0.6 is 11.8 Å². The molecule has 0 saturated carbocycles. The molecule has 28 heavy (non-hydrogen) atoms. The molecule has 1 heterocycles. The van der Waals surface area contributed by atoms with Gasteiger partial charge in [-0.3, -0.25) is 9.52 Å². The Kier molecular flexibility index (Phi) is 6.33. The molecule has 0 spiro atoms. The molecule has 8 heteroatoms. The number of nitrogens with one attached hydrogen (secondary N) is 2. The molecule has 0 aliphatic carbocycles. The fourth-order valence-corrected chi connectivity index (χ4v) is 3.86. The number of pyridine rings is 1. The van der Waals surface area contributed by atoms with E-state index in [-0.39, 0.29) is 11.7 Å². The molecule has 0 unspecified atom stereocenters. The molecular weight excluding hydrogens is 394 g/mol. The van der Waals surface area contributed by atoms with Crippen LogP contribution in [0.5, 0.6) is 0 Å². The van der Waals surface area contributed by atoms with Gasteiger partial charge in [-0.1, -0.05) is 30.0 Å². The fourth-order valence-electron chi connectivity index (χ4n) is 2.32. The van der Waals surface area contributed by atoms with Gasteiger partial charge in [0.1, 0.15) is 5.03 Å². The van der Waals surface area contributed by atoms with Crippen molar-refractivity contribution >= 4 is 39.1 Å². The van der Waals surface area contributed by atoms with Crippen LogP contribution in [0, 0.1) is 0 Å². The Bertz CT molecular complexity index is 1050. The highest BCUT2D eigenvalue weighted by atomic mass is 32.2. The van der Waals surface area contributed by atoms with E-state index >= 15 is 0 Å².